The van der Waals surface area contributed by atoms with Gasteiger partial charge in [0.05, 0.1) is 19.1 Å². The molecule has 1 aromatic carbocycles. The third-order valence-electron chi connectivity index (χ3n) is 5.68. The van der Waals surface area contributed by atoms with Crippen molar-refractivity contribution in [2.45, 2.75) is 100 Å². The van der Waals surface area contributed by atoms with Crippen molar-refractivity contribution in [1.29, 1.82) is 0 Å². The molecule has 0 saturated carbocycles. The predicted molar refractivity (Wildman–Crippen MR) is 152 cm³/mol. The maximum Gasteiger partial charge on any atom is 0.513 e. The highest BCUT2D eigenvalue weighted by molar-refractivity contribution is 5.76. The zero-order chi connectivity index (χ0) is 31.5. The van der Waals surface area contributed by atoms with Gasteiger partial charge in [0.2, 0.25) is 0 Å². The average Bonchev–Trinajstić information content (AvgIpc) is 2.86. The first-order chi connectivity index (χ1) is 18.8. The van der Waals surface area contributed by atoms with E-state index in [9.17, 15) is 19.2 Å². The second-order valence-electron chi connectivity index (χ2n) is 12.6. The summed E-state index contributed by atoms with van der Waals surface area (Å²) in [6, 6.07) is 3.29. The number of hydrogen-bond donors (Lipinski definition) is 1. The summed E-state index contributed by atoms with van der Waals surface area (Å²) in [6.45, 7) is 18.4. The molecule has 41 heavy (non-hydrogen) atoms. The number of esters is 2. The molecule has 0 aliphatic heterocycles. The molecule has 0 radical (unpaired) electrons. The molecule has 1 rings (SSSR count). The molecule has 0 aliphatic carbocycles. The standard InChI is InChI=1S/C30H47NO10/c1-11-18(2)25(32)38-19(3)20(4)39-26(33)22(31)14-21-12-13-23(40-27(34)36-16-29(5,6)7)24(15-21)41-28(35)37-17-30(8,9)10/h12-13,15,18-20,22H,11,14,16-17,31H2,1-10H3/t18?,19?,20-,22-/m0/s1. The van der Waals surface area contributed by atoms with E-state index in [1.807, 2.05) is 48.5 Å². The number of ether oxygens (including phenoxy) is 6. The molecule has 0 amide bonds. The lowest BCUT2D eigenvalue weighted by Gasteiger charge is -2.23. The van der Waals surface area contributed by atoms with Gasteiger partial charge in [0, 0.05) is 0 Å². The Hall–Kier alpha value is -3.34. The largest absolute Gasteiger partial charge is 0.513 e. The van der Waals surface area contributed by atoms with E-state index in [0.717, 1.165) is 0 Å². The minimum atomic E-state index is -1.08. The van der Waals surface area contributed by atoms with Gasteiger partial charge in [0.25, 0.3) is 0 Å². The normalized spacial score (nSPS) is 14.6. The fraction of sp³-hybridized carbons (Fsp3) is 0.667. The Morgan fingerprint density at radius 3 is 1.68 bits per heavy atom. The maximum atomic E-state index is 12.7. The first kappa shape index (κ1) is 35.7. The van der Waals surface area contributed by atoms with Gasteiger partial charge in [-0.1, -0.05) is 61.5 Å². The summed E-state index contributed by atoms with van der Waals surface area (Å²) in [5.41, 5.74) is 6.00. The van der Waals surface area contributed by atoms with E-state index in [0.29, 0.717) is 12.0 Å². The van der Waals surface area contributed by atoms with Gasteiger partial charge in [-0.05, 0) is 55.2 Å². The van der Waals surface area contributed by atoms with Gasteiger partial charge in [-0.3, -0.25) is 9.59 Å². The zero-order valence-electron chi connectivity index (χ0n) is 26.0. The van der Waals surface area contributed by atoms with Gasteiger partial charge >= 0.3 is 24.2 Å². The molecular weight excluding hydrogens is 534 g/mol. The second kappa shape index (κ2) is 15.6. The van der Waals surface area contributed by atoms with Crippen molar-refractivity contribution in [3.63, 3.8) is 0 Å². The lowest BCUT2D eigenvalue weighted by Crippen LogP contribution is -2.40. The van der Waals surface area contributed by atoms with E-state index in [4.69, 9.17) is 34.2 Å². The lowest BCUT2D eigenvalue weighted by molar-refractivity contribution is -0.168. The molecule has 0 aliphatic rings. The van der Waals surface area contributed by atoms with Crippen LogP contribution in [0.5, 0.6) is 11.5 Å². The Morgan fingerprint density at radius 2 is 1.22 bits per heavy atom. The molecule has 1 aromatic rings. The summed E-state index contributed by atoms with van der Waals surface area (Å²) in [7, 11) is 0. The molecule has 0 saturated heterocycles. The SMILES string of the molecule is CCC(C)C(=O)OC(C)[C@H](C)OC(=O)[C@@H](N)Cc1ccc(OC(=O)OCC(C)(C)C)c(OC(=O)OCC(C)(C)C)c1. The van der Waals surface area contributed by atoms with Crippen LogP contribution in [-0.4, -0.2) is 55.7 Å². The van der Waals surface area contributed by atoms with Crippen molar-refractivity contribution in [3.8, 4) is 11.5 Å². The Morgan fingerprint density at radius 1 is 0.756 bits per heavy atom. The zero-order valence-corrected chi connectivity index (χ0v) is 26.0. The van der Waals surface area contributed by atoms with Crippen molar-refractivity contribution < 1.29 is 47.6 Å². The van der Waals surface area contributed by atoms with Crippen LogP contribution < -0.4 is 15.2 Å². The van der Waals surface area contributed by atoms with Gasteiger partial charge in [-0.2, -0.15) is 0 Å². The van der Waals surface area contributed by atoms with Gasteiger partial charge in [-0.15, -0.1) is 0 Å². The van der Waals surface area contributed by atoms with E-state index >= 15 is 0 Å². The van der Waals surface area contributed by atoms with Crippen LogP contribution in [0.1, 0.15) is 81.2 Å². The van der Waals surface area contributed by atoms with Crippen molar-refractivity contribution in [2.75, 3.05) is 13.2 Å². The highest BCUT2D eigenvalue weighted by atomic mass is 16.7. The third kappa shape index (κ3) is 14.2. The molecule has 0 heterocycles. The monoisotopic (exact) mass is 581 g/mol. The molecule has 2 unspecified atom stereocenters. The smallest absolute Gasteiger partial charge is 0.459 e. The highest BCUT2D eigenvalue weighted by Gasteiger charge is 2.26. The highest BCUT2D eigenvalue weighted by Crippen LogP contribution is 2.30. The predicted octanol–water partition coefficient (Wildman–Crippen LogP) is 5.59. The number of rotatable bonds is 12. The van der Waals surface area contributed by atoms with E-state index in [1.165, 1.54) is 12.1 Å². The number of benzene rings is 1. The van der Waals surface area contributed by atoms with E-state index in [-0.39, 0.29) is 53.9 Å². The molecule has 232 valence electrons. The minimum Gasteiger partial charge on any atom is -0.459 e. The first-order valence-corrected chi connectivity index (χ1v) is 13.8. The maximum absolute atomic E-state index is 12.7. The number of nitrogens with two attached hydrogens (primary N) is 1. The summed E-state index contributed by atoms with van der Waals surface area (Å²) in [4.78, 5) is 49.3. The molecule has 0 aromatic heterocycles. The minimum absolute atomic E-state index is 0.00867. The Balaban J connectivity index is 2.99. The van der Waals surface area contributed by atoms with E-state index in [1.54, 1.807) is 26.8 Å². The van der Waals surface area contributed by atoms with Crippen LogP contribution in [0.2, 0.25) is 0 Å². The summed E-state index contributed by atoms with van der Waals surface area (Å²) in [5.74, 6) is -1.54. The molecule has 11 nitrogen and oxygen atoms in total. The number of carbonyl (C=O) groups is 4. The molecule has 11 heteroatoms. The molecule has 0 spiro atoms. The van der Waals surface area contributed by atoms with Crippen molar-refractivity contribution in [3.05, 3.63) is 23.8 Å². The fourth-order valence-corrected chi connectivity index (χ4v) is 2.90. The number of hydrogen-bond acceptors (Lipinski definition) is 11. The van der Waals surface area contributed by atoms with Gasteiger partial charge in [-0.25, -0.2) is 9.59 Å². The summed E-state index contributed by atoms with van der Waals surface area (Å²) < 4.78 is 31.7. The van der Waals surface area contributed by atoms with Crippen LogP contribution in [-0.2, 0) is 35.0 Å². The van der Waals surface area contributed by atoms with E-state index in [2.05, 4.69) is 0 Å². The quantitative estimate of drug-likeness (QED) is 0.187. The van der Waals surface area contributed by atoms with Gasteiger partial charge < -0.3 is 34.2 Å². The second-order valence-corrected chi connectivity index (χ2v) is 12.6. The third-order valence-corrected chi connectivity index (χ3v) is 5.68. The van der Waals surface area contributed by atoms with Gasteiger partial charge in [0.1, 0.15) is 18.2 Å². The summed E-state index contributed by atoms with van der Waals surface area (Å²) in [5, 5.41) is 0. The van der Waals surface area contributed by atoms with Crippen LogP contribution in [0.15, 0.2) is 18.2 Å². The molecular formula is C30H47NO10. The van der Waals surface area contributed by atoms with Crippen molar-refractivity contribution in [2.24, 2.45) is 22.5 Å². The first-order valence-electron chi connectivity index (χ1n) is 13.8. The summed E-state index contributed by atoms with van der Waals surface area (Å²) in [6.07, 6.45) is -2.73. The fourth-order valence-electron chi connectivity index (χ4n) is 2.90. The molecule has 0 bridgehead atoms. The summed E-state index contributed by atoms with van der Waals surface area (Å²) >= 11 is 0. The topological polar surface area (TPSA) is 150 Å². The van der Waals surface area contributed by atoms with Crippen LogP contribution in [0.25, 0.3) is 0 Å². The van der Waals surface area contributed by atoms with Crippen LogP contribution in [0.3, 0.4) is 0 Å². The Kier molecular flexibility index (Phi) is 13.6. The van der Waals surface area contributed by atoms with Crippen molar-refractivity contribution in [1.82, 2.24) is 0 Å². The van der Waals surface area contributed by atoms with Gasteiger partial charge in [0.15, 0.2) is 11.5 Å². The van der Waals surface area contributed by atoms with Crippen LogP contribution in [0.4, 0.5) is 9.59 Å². The number of carbonyl (C=O) groups excluding carboxylic acids is 4. The van der Waals surface area contributed by atoms with Crippen molar-refractivity contribution >= 4 is 24.2 Å². The van der Waals surface area contributed by atoms with Crippen LogP contribution >= 0.6 is 0 Å². The average molecular weight is 582 g/mol. The molecule has 0 fully saturated rings. The molecule has 4 atom stereocenters. The Bertz CT molecular complexity index is 1040. The molecule has 2 N–H and O–H groups in total. The lowest BCUT2D eigenvalue weighted by atomic mass is 9.99. The van der Waals surface area contributed by atoms with E-state index < -0.39 is 36.5 Å². The van der Waals surface area contributed by atoms with Crippen LogP contribution in [0, 0.1) is 16.7 Å². The Labute approximate surface area is 243 Å².